The molecule has 0 fully saturated rings. The van der Waals surface area contributed by atoms with Crippen molar-refractivity contribution in [1.29, 1.82) is 0 Å². The molecule has 2 rings (SSSR count). The van der Waals surface area contributed by atoms with Crippen LogP contribution in [-0.2, 0) is 0 Å². The largest absolute Gasteiger partial charge is 0.384 e. The quantitative estimate of drug-likeness (QED) is 0.884. The van der Waals surface area contributed by atoms with Gasteiger partial charge in [-0.2, -0.15) is 0 Å². The lowest BCUT2D eigenvalue weighted by Gasteiger charge is -2.09. The highest BCUT2D eigenvalue weighted by Crippen LogP contribution is 2.28. The van der Waals surface area contributed by atoms with Gasteiger partial charge in [-0.05, 0) is 46.6 Å². The van der Waals surface area contributed by atoms with Gasteiger partial charge < -0.3 is 11.1 Å². The Labute approximate surface area is 103 Å². The van der Waals surface area contributed by atoms with E-state index in [2.05, 4.69) is 26.2 Å². The maximum absolute atomic E-state index is 5.62. The van der Waals surface area contributed by atoms with E-state index in [4.69, 9.17) is 5.73 Å². The highest BCUT2D eigenvalue weighted by molar-refractivity contribution is 9.10. The van der Waals surface area contributed by atoms with Gasteiger partial charge in [0.15, 0.2) is 0 Å². The average molecular weight is 278 g/mol. The molecular formula is C12H12BrN3. The first kappa shape index (κ1) is 11.0. The minimum absolute atomic E-state index is 0.508. The fourth-order valence-electron chi connectivity index (χ4n) is 1.40. The SMILES string of the molecule is Cc1cccc(Nc2cccc(N)n2)c1Br. The van der Waals surface area contributed by atoms with Crippen molar-refractivity contribution in [3.63, 3.8) is 0 Å². The van der Waals surface area contributed by atoms with Gasteiger partial charge in [0.2, 0.25) is 0 Å². The van der Waals surface area contributed by atoms with E-state index in [1.807, 2.05) is 37.3 Å². The number of anilines is 3. The van der Waals surface area contributed by atoms with Gasteiger partial charge in [0.05, 0.1) is 5.69 Å². The van der Waals surface area contributed by atoms with Gasteiger partial charge in [0.25, 0.3) is 0 Å². The summed E-state index contributed by atoms with van der Waals surface area (Å²) >= 11 is 3.53. The van der Waals surface area contributed by atoms with Crippen molar-refractivity contribution in [2.45, 2.75) is 6.92 Å². The molecular weight excluding hydrogens is 266 g/mol. The molecule has 0 aliphatic carbocycles. The van der Waals surface area contributed by atoms with E-state index in [0.29, 0.717) is 5.82 Å². The van der Waals surface area contributed by atoms with Crippen LogP contribution in [0.4, 0.5) is 17.3 Å². The fraction of sp³-hybridized carbons (Fsp3) is 0.0833. The summed E-state index contributed by atoms with van der Waals surface area (Å²) in [5.41, 5.74) is 7.78. The first-order valence-corrected chi connectivity index (χ1v) is 5.71. The van der Waals surface area contributed by atoms with Crippen LogP contribution in [0.3, 0.4) is 0 Å². The lowest BCUT2D eigenvalue weighted by atomic mass is 10.2. The summed E-state index contributed by atoms with van der Waals surface area (Å²) in [6, 6.07) is 11.5. The summed E-state index contributed by atoms with van der Waals surface area (Å²) in [6.07, 6.45) is 0. The summed E-state index contributed by atoms with van der Waals surface area (Å²) < 4.78 is 1.04. The minimum Gasteiger partial charge on any atom is -0.384 e. The zero-order valence-corrected chi connectivity index (χ0v) is 10.5. The maximum Gasteiger partial charge on any atom is 0.132 e. The molecule has 0 aliphatic rings. The van der Waals surface area contributed by atoms with Crippen LogP contribution >= 0.6 is 15.9 Å². The van der Waals surface area contributed by atoms with Crippen LogP contribution in [0.1, 0.15) is 5.56 Å². The second-order valence-corrected chi connectivity index (χ2v) is 4.30. The Morgan fingerprint density at radius 2 is 1.94 bits per heavy atom. The molecule has 3 N–H and O–H groups in total. The van der Waals surface area contributed by atoms with E-state index in [-0.39, 0.29) is 0 Å². The number of hydrogen-bond acceptors (Lipinski definition) is 3. The fourth-order valence-corrected chi connectivity index (χ4v) is 1.77. The molecule has 0 amide bonds. The third-order valence-electron chi connectivity index (χ3n) is 2.23. The van der Waals surface area contributed by atoms with Crippen LogP contribution in [0, 0.1) is 6.92 Å². The molecule has 0 bridgehead atoms. The molecule has 82 valence electrons. The van der Waals surface area contributed by atoms with Gasteiger partial charge in [-0.15, -0.1) is 0 Å². The van der Waals surface area contributed by atoms with E-state index in [9.17, 15) is 0 Å². The molecule has 0 unspecified atom stereocenters. The van der Waals surface area contributed by atoms with E-state index in [1.54, 1.807) is 6.07 Å². The molecule has 2 aromatic rings. The Morgan fingerprint density at radius 3 is 2.69 bits per heavy atom. The van der Waals surface area contributed by atoms with Crippen LogP contribution in [0.5, 0.6) is 0 Å². The molecule has 0 spiro atoms. The first-order valence-electron chi connectivity index (χ1n) is 4.91. The Kier molecular flexibility index (Phi) is 3.10. The van der Waals surface area contributed by atoms with Crippen molar-refractivity contribution in [3.05, 3.63) is 46.4 Å². The molecule has 0 aliphatic heterocycles. The number of aromatic nitrogens is 1. The molecule has 0 atom stereocenters. The molecule has 4 heteroatoms. The van der Waals surface area contributed by atoms with E-state index in [0.717, 1.165) is 16.0 Å². The number of benzene rings is 1. The van der Waals surface area contributed by atoms with Crippen molar-refractivity contribution in [2.24, 2.45) is 0 Å². The van der Waals surface area contributed by atoms with Gasteiger partial charge in [0.1, 0.15) is 11.6 Å². The molecule has 3 nitrogen and oxygen atoms in total. The maximum atomic E-state index is 5.62. The van der Waals surface area contributed by atoms with E-state index >= 15 is 0 Å². The Morgan fingerprint density at radius 1 is 1.19 bits per heavy atom. The number of aryl methyl sites for hydroxylation is 1. The van der Waals surface area contributed by atoms with Gasteiger partial charge in [0, 0.05) is 4.47 Å². The second-order valence-electron chi connectivity index (χ2n) is 3.51. The van der Waals surface area contributed by atoms with Crippen LogP contribution in [0.15, 0.2) is 40.9 Å². The van der Waals surface area contributed by atoms with Crippen molar-refractivity contribution in [2.75, 3.05) is 11.1 Å². The lowest BCUT2D eigenvalue weighted by Crippen LogP contribution is -1.97. The Balaban J connectivity index is 2.31. The Hall–Kier alpha value is -1.55. The number of nitrogens with two attached hydrogens (primary N) is 1. The van der Waals surface area contributed by atoms with Crippen LogP contribution < -0.4 is 11.1 Å². The van der Waals surface area contributed by atoms with Gasteiger partial charge in [-0.3, -0.25) is 0 Å². The average Bonchev–Trinajstić information content (AvgIpc) is 2.25. The van der Waals surface area contributed by atoms with Gasteiger partial charge >= 0.3 is 0 Å². The number of nitrogen functional groups attached to an aromatic ring is 1. The lowest BCUT2D eigenvalue weighted by molar-refractivity contribution is 1.30. The molecule has 0 saturated heterocycles. The molecule has 1 aromatic carbocycles. The smallest absolute Gasteiger partial charge is 0.132 e. The van der Waals surface area contributed by atoms with Crippen LogP contribution in [-0.4, -0.2) is 4.98 Å². The van der Waals surface area contributed by atoms with Crippen molar-refractivity contribution in [3.8, 4) is 0 Å². The van der Waals surface area contributed by atoms with Gasteiger partial charge in [-0.25, -0.2) is 4.98 Å². The number of pyridine rings is 1. The normalized spacial score (nSPS) is 10.1. The monoisotopic (exact) mass is 277 g/mol. The van der Waals surface area contributed by atoms with Crippen molar-refractivity contribution in [1.82, 2.24) is 4.98 Å². The van der Waals surface area contributed by atoms with E-state index in [1.165, 1.54) is 5.56 Å². The number of nitrogens with zero attached hydrogens (tertiary/aromatic N) is 1. The molecule has 0 saturated carbocycles. The predicted molar refractivity (Wildman–Crippen MR) is 70.8 cm³/mol. The summed E-state index contributed by atoms with van der Waals surface area (Å²) in [5.74, 6) is 1.25. The van der Waals surface area contributed by atoms with Crippen molar-refractivity contribution >= 4 is 33.3 Å². The summed E-state index contributed by atoms with van der Waals surface area (Å²) in [6.45, 7) is 2.04. The topological polar surface area (TPSA) is 50.9 Å². The first-order chi connectivity index (χ1) is 7.66. The Bertz CT molecular complexity index is 511. The summed E-state index contributed by atoms with van der Waals surface area (Å²) in [7, 11) is 0. The zero-order valence-electron chi connectivity index (χ0n) is 8.87. The number of nitrogens with one attached hydrogen (secondary N) is 1. The van der Waals surface area contributed by atoms with Crippen LogP contribution in [0.25, 0.3) is 0 Å². The third-order valence-corrected chi connectivity index (χ3v) is 3.28. The third kappa shape index (κ3) is 2.33. The molecule has 1 heterocycles. The molecule has 1 aromatic heterocycles. The summed E-state index contributed by atoms with van der Waals surface area (Å²) in [4.78, 5) is 4.19. The predicted octanol–water partition coefficient (Wildman–Crippen LogP) is 3.48. The van der Waals surface area contributed by atoms with Gasteiger partial charge in [-0.1, -0.05) is 18.2 Å². The number of halogens is 1. The number of hydrogen-bond donors (Lipinski definition) is 2. The molecule has 16 heavy (non-hydrogen) atoms. The van der Waals surface area contributed by atoms with Crippen molar-refractivity contribution < 1.29 is 0 Å². The highest BCUT2D eigenvalue weighted by atomic mass is 79.9. The summed E-state index contributed by atoms with van der Waals surface area (Å²) in [5, 5.41) is 3.22. The van der Waals surface area contributed by atoms with E-state index < -0.39 is 0 Å². The zero-order chi connectivity index (χ0) is 11.5. The number of rotatable bonds is 2. The minimum atomic E-state index is 0.508. The standard InChI is InChI=1S/C12H12BrN3/c1-8-4-2-5-9(12(8)13)15-11-7-3-6-10(14)16-11/h2-7H,1H3,(H3,14,15,16). The van der Waals surface area contributed by atoms with Crippen LogP contribution in [0.2, 0.25) is 0 Å². The highest BCUT2D eigenvalue weighted by Gasteiger charge is 2.03. The molecule has 0 radical (unpaired) electrons. The second kappa shape index (κ2) is 4.53.